The van der Waals surface area contributed by atoms with Crippen LogP contribution in [0.15, 0.2) is 36.4 Å². The molecule has 1 N–H and O–H groups in total. The third kappa shape index (κ3) is 5.04. The van der Waals surface area contributed by atoms with Gasteiger partial charge in [-0.1, -0.05) is 49.8 Å². The Morgan fingerprint density at radius 2 is 1.71 bits per heavy atom. The molecule has 2 atom stereocenters. The van der Waals surface area contributed by atoms with Gasteiger partial charge in [0, 0.05) is 11.1 Å². The van der Waals surface area contributed by atoms with E-state index in [0.29, 0.717) is 35.3 Å². The van der Waals surface area contributed by atoms with E-state index in [-0.39, 0.29) is 23.8 Å². The minimum atomic E-state index is -0.773. The van der Waals surface area contributed by atoms with Gasteiger partial charge in [0.25, 0.3) is 0 Å². The number of epoxide rings is 1. The number of benzene rings is 2. The van der Waals surface area contributed by atoms with Gasteiger partial charge in [-0.25, -0.2) is 13.2 Å². The molecule has 0 bridgehead atoms. The average molecular weight is 431 g/mol. The van der Waals surface area contributed by atoms with Gasteiger partial charge in [-0.15, -0.1) is 0 Å². The molecule has 2 nitrogen and oxygen atoms in total. The second kappa shape index (κ2) is 9.58. The van der Waals surface area contributed by atoms with E-state index in [0.717, 1.165) is 32.1 Å². The van der Waals surface area contributed by atoms with Gasteiger partial charge in [0.05, 0.1) is 12.7 Å². The summed E-state index contributed by atoms with van der Waals surface area (Å²) in [6.45, 7) is 2.43. The van der Waals surface area contributed by atoms with Gasteiger partial charge in [-0.2, -0.15) is 0 Å². The quantitative estimate of drug-likeness (QED) is 0.480. The fraction of sp³-hybridized carbons (Fsp3) is 0.462. The van der Waals surface area contributed by atoms with E-state index < -0.39 is 17.7 Å². The van der Waals surface area contributed by atoms with Gasteiger partial charge < -0.3 is 9.84 Å². The molecular weight excluding hydrogens is 401 g/mol. The number of aliphatic hydroxyl groups is 1. The third-order valence-electron chi connectivity index (χ3n) is 6.55. The van der Waals surface area contributed by atoms with Crippen LogP contribution in [-0.4, -0.2) is 11.7 Å². The molecule has 2 aliphatic rings. The van der Waals surface area contributed by atoms with Crippen molar-refractivity contribution in [3.63, 3.8) is 0 Å². The van der Waals surface area contributed by atoms with Crippen LogP contribution in [0.2, 0.25) is 0 Å². The van der Waals surface area contributed by atoms with Crippen LogP contribution in [0.4, 0.5) is 13.2 Å². The molecule has 4 rings (SSSR count). The molecule has 1 aliphatic carbocycles. The van der Waals surface area contributed by atoms with Crippen LogP contribution < -0.4 is 0 Å². The number of halogens is 3. The maximum Gasteiger partial charge on any atom is 0.165 e. The fourth-order valence-corrected chi connectivity index (χ4v) is 4.56. The van der Waals surface area contributed by atoms with E-state index in [2.05, 4.69) is 0 Å². The standard InChI is InChI=1S/C26H29F3O2/c1-2-3-23(30)19-11-10-18(22(27)14-19)9-6-16-4-7-17(8-5-16)20-12-13-21(24-15-31-24)26(29)25(20)28/h6,9-14,16-17,23-24,30H,2-5,7-8,15H2,1H3/b9-6+. The van der Waals surface area contributed by atoms with Crippen LogP contribution in [0.1, 0.15) is 85.8 Å². The zero-order valence-electron chi connectivity index (χ0n) is 17.8. The summed E-state index contributed by atoms with van der Waals surface area (Å²) in [4.78, 5) is 0. The van der Waals surface area contributed by atoms with Crippen molar-refractivity contribution in [3.05, 3.63) is 76.1 Å². The Morgan fingerprint density at radius 1 is 1.03 bits per heavy atom. The first-order valence-electron chi connectivity index (χ1n) is 11.2. The van der Waals surface area contributed by atoms with E-state index >= 15 is 0 Å². The lowest BCUT2D eigenvalue weighted by Gasteiger charge is -2.27. The predicted octanol–water partition coefficient (Wildman–Crippen LogP) is 7.00. The number of hydrogen-bond donors (Lipinski definition) is 1. The topological polar surface area (TPSA) is 32.8 Å². The zero-order valence-corrected chi connectivity index (χ0v) is 17.8. The van der Waals surface area contributed by atoms with Gasteiger partial charge in [0.1, 0.15) is 11.9 Å². The number of hydrogen-bond acceptors (Lipinski definition) is 2. The minimum absolute atomic E-state index is 0.00407. The van der Waals surface area contributed by atoms with Crippen LogP contribution in [0.25, 0.3) is 6.08 Å². The second-order valence-electron chi connectivity index (χ2n) is 8.75. The maximum absolute atomic E-state index is 14.6. The first-order chi connectivity index (χ1) is 15.0. The molecule has 5 heteroatoms. The van der Waals surface area contributed by atoms with Gasteiger partial charge in [-0.05, 0) is 61.1 Å². The smallest absolute Gasteiger partial charge is 0.165 e. The molecule has 0 amide bonds. The summed E-state index contributed by atoms with van der Waals surface area (Å²) in [6.07, 6.45) is 7.57. The van der Waals surface area contributed by atoms with E-state index in [4.69, 9.17) is 4.74 Å². The van der Waals surface area contributed by atoms with Crippen molar-refractivity contribution in [1.29, 1.82) is 0 Å². The van der Waals surface area contributed by atoms with Crippen LogP contribution in [-0.2, 0) is 4.74 Å². The molecular formula is C26H29F3O2. The Bertz CT molecular complexity index is 944. The van der Waals surface area contributed by atoms with Gasteiger partial charge >= 0.3 is 0 Å². The molecule has 31 heavy (non-hydrogen) atoms. The summed E-state index contributed by atoms with van der Waals surface area (Å²) in [5.41, 5.74) is 1.87. The summed E-state index contributed by atoms with van der Waals surface area (Å²) in [5, 5.41) is 10.0. The number of ether oxygens (including phenoxy) is 1. The summed E-state index contributed by atoms with van der Waals surface area (Å²) in [6, 6.07) is 8.24. The fourth-order valence-electron chi connectivity index (χ4n) is 4.56. The maximum atomic E-state index is 14.6. The summed E-state index contributed by atoms with van der Waals surface area (Å²) >= 11 is 0. The Morgan fingerprint density at radius 3 is 2.35 bits per heavy atom. The van der Waals surface area contributed by atoms with E-state index in [1.165, 1.54) is 6.07 Å². The zero-order chi connectivity index (χ0) is 22.0. The van der Waals surface area contributed by atoms with Crippen molar-refractivity contribution in [2.75, 3.05) is 6.61 Å². The largest absolute Gasteiger partial charge is 0.388 e. The SMILES string of the molecule is CCCC(O)c1ccc(/C=C/C2CCC(c3ccc(C4CO4)c(F)c3F)CC2)c(F)c1. The van der Waals surface area contributed by atoms with E-state index in [9.17, 15) is 18.3 Å². The summed E-state index contributed by atoms with van der Waals surface area (Å²) < 4.78 is 48.4. The van der Waals surface area contributed by atoms with Crippen molar-refractivity contribution >= 4 is 6.08 Å². The van der Waals surface area contributed by atoms with E-state index in [1.807, 2.05) is 13.0 Å². The minimum Gasteiger partial charge on any atom is -0.388 e. The number of rotatable bonds is 7. The monoisotopic (exact) mass is 430 g/mol. The highest BCUT2D eigenvalue weighted by molar-refractivity contribution is 5.51. The molecule has 2 fully saturated rings. The van der Waals surface area contributed by atoms with Crippen LogP contribution in [0.5, 0.6) is 0 Å². The number of aliphatic hydroxyl groups excluding tert-OH is 1. The van der Waals surface area contributed by atoms with Gasteiger partial charge in [-0.3, -0.25) is 0 Å². The highest BCUT2D eigenvalue weighted by atomic mass is 19.2. The van der Waals surface area contributed by atoms with Crippen LogP contribution >= 0.6 is 0 Å². The number of allylic oxidation sites excluding steroid dienone is 1. The highest BCUT2D eigenvalue weighted by Crippen LogP contribution is 2.40. The van der Waals surface area contributed by atoms with Gasteiger partial charge in [0.2, 0.25) is 0 Å². The first kappa shape index (κ1) is 22.1. The third-order valence-corrected chi connectivity index (χ3v) is 6.55. The molecule has 1 saturated carbocycles. The second-order valence-corrected chi connectivity index (χ2v) is 8.75. The Hall–Kier alpha value is -2.11. The van der Waals surface area contributed by atoms with Crippen molar-refractivity contribution in [2.24, 2.45) is 5.92 Å². The lowest BCUT2D eigenvalue weighted by molar-refractivity contribution is 0.166. The molecule has 2 aromatic rings. The normalized spacial score (nSPS) is 24.5. The lowest BCUT2D eigenvalue weighted by Crippen LogP contribution is -2.14. The first-order valence-corrected chi connectivity index (χ1v) is 11.2. The Labute approximate surface area is 181 Å². The van der Waals surface area contributed by atoms with Crippen molar-refractivity contribution in [2.45, 2.75) is 63.6 Å². The molecule has 2 aromatic carbocycles. The van der Waals surface area contributed by atoms with Crippen molar-refractivity contribution in [1.82, 2.24) is 0 Å². The molecule has 166 valence electrons. The Kier molecular flexibility index (Phi) is 6.83. The Balaban J connectivity index is 1.36. The van der Waals surface area contributed by atoms with Crippen molar-refractivity contribution < 1.29 is 23.0 Å². The predicted molar refractivity (Wildman–Crippen MR) is 115 cm³/mol. The summed E-state index contributed by atoms with van der Waals surface area (Å²) in [5.74, 6) is -1.56. The molecule has 0 radical (unpaired) electrons. The van der Waals surface area contributed by atoms with Crippen LogP contribution in [0, 0.1) is 23.4 Å². The highest BCUT2D eigenvalue weighted by Gasteiger charge is 2.32. The van der Waals surface area contributed by atoms with Crippen molar-refractivity contribution in [3.8, 4) is 0 Å². The molecule has 0 aromatic heterocycles. The van der Waals surface area contributed by atoms with Crippen LogP contribution in [0.3, 0.4) is 0 Å². The molecule has 0 spiro atoms. The van der Waals surface area contributed by atoms with Gasteiger partial charge in [0.15, 0.2) is 11.6 Å². The molecule has 1 saturated heterocycles. The average Bonchev–Trinajstić information content (AvgIpc) is 3.60. The molecule has 1 heterocycles. The molecule has 2 unspecified atom stereocenters. The van der Waals surface area contributed by atoms with E-state index in [1.54, 1.807) is 30.3 Å². The summed E-state index contributed by atoms with van der Waals surface area (Å²) in [7, 11) is 0. The molecule has 1 aliphatic heterocycles. The lowest BCUT2D eigenvalue weighted by atomic mass is 9.78.